The third-order valence-corrected chi connectivity index (χ3v) is 4.57. The summed E-state index contributed by atoms with van der Waals surface area (Å²) in [6, 6.07) is 4.22. The van der Waals surface area contributed by atoms with Crippen molar-refractivity contribution in [2.45, 2.75) is 26.3 Å². The Morgan fingerprint density at radius 1 is 1.50 bits per heavy atom. The first-order valence-electron chi connectivity index (χ1n) is 7.47. The second-order valence-corrected chi connectivity index (χ2v) is 6.51. The fourth-order valence-corrected chi connectivity index (χ4v) is 3.27. The Hall–Kier alpha value is -1.07. The number of nitrogens with zero attached hydrogens (tertiary/aromatic N) is 2. The Labute approximate surface area is 126 Å². The number of piperidine rings is 1. The standard InChI is InChI=1S/C15H26N4S/c1-13-5-3-8-19(12-13)9-7-17-15(16-2)18-11-14-6-4-10-20-14/h4,6,10,13H,3,5,7-9,11-12H2,1-2H3,(H2,16,17,18). The molecule has 0 spiro atoms. The fraction of sp³-hybridized carbons (Fsp3) is 0.667. The SMILES string of the molecule is CN=C(NCCN1CCCC(C)C1)NCc1cccs1. The van der Waals surface area contributed by atoms with Crippen molar-refractivity contribution >= 4 is 17.3 Å². The molecule has 2 rings (SSSR count). The lowest BCUT2D eigenvalue weighted by Gasteiger charge is -2.30. The largest absolute Gasteiger partial charge is 0.355 e. The summed E-state index contributed by atoms with van der Waals surface area (Å²) >= 11 is 1.77. The number of thiophene rings is 1. The Morgan fingerprint density at radius 3 is 3.10 bits per heavy atom. The van der Waals surface area contributed by atoms with Gasteiger partial charge in [0, 0.05) is 31.6 Å². The average molecular weight is 294 g/mol. The molecule has 1 saturated heterocycles. The van der Waals surface area contributed by atoms with Crippen molar-refractivity contribution in [2.75, 3.05) is 33.2 Å². The first kappa shape index (κ1) is 15.3. The van der Waals surface area contributed by atoms with Gasteiger partial charge in [-0.3, -0.25) is 4.99 Å². The molecule has 1 atom stereocenters. The minimum atomic E-state index is 0.845. The van der Waals surface area contributed by atoms with Crippen LogP contribution >= 0.6 is 11.3 Å². The molecule has 1 fully saturated rings. The van der Waals surface area contributed by atoms with Gasteiger partial charge in [-0.15, -0.1) is 11.3 Å². The summed E-state index contributed by atoms with van der Waals surface area (Å²) in [5, 5.41) is 8.85. The van der Waals surface area contributed by atoms with E-state index in [1.165, 1.54) is 30.8 Å². The molecule has 2 N–H and O–H groups in total. The third-order valence-electron chi connectivity index (χ3n) is 3.70. The second-order valence-electron chi connectivity index (χ2n) is 5.48. The maximum atomic E-state index is 4.27. The smallest absolute Gasteiger partial charge is 0.191 e. The minimum Gasteiger partial charge on any atom is -0.355 e. The molecule has 112 valence electrons. The molecule has 0 saturated carbocycles. The zero-order valence-electron chi connectivity index (χ0n) is 12.6. The highest BCUT2D eigenvalue weighted by atomic mass is 32.1. The lowest BCUT2D eigenvalue weighted by molar-refractivity contribution is 0.187. The number of nitrogens with one attached hydrogen (secondary N) is 2. The molecule has 0 amide bonds. The van der Waals surface area contributed by atoms with Gasteiger partial charge in [0.2, 0.25) is 0 Å². The summed E-state index contributed by atoms with van der Waals surface area (Å²) in [6.45, 7) is 7.73. The van der Waals surface area contributed by atoms with Gasteiger partial charge in [-0.2, -0.15) is 0 Å². The summed E-state index contributed by atoms with van der Waals surface area (Å²) in [5.41, 5.74) is 0. The molecule has 5 heteroatoms. The number of hydrogen-bond donors (Lipinski definition) is 2. The third kappa shape index (κ3) is 5.13. The van der Waals surface area contributed by atoms with Gasteiger partial charge in [-0.05, 0) is 36.8 Å². The van der Waals surface area contributed by atoms with Crippen LogP contribution in [0.15, 0.2) is 22.5 Å². The van der Waals surface area contributed by atoms with Crippen LogP contribution in [0, 0.1) is 5.92 Å². The van der Waals surface area contributed by atoms with Gasteiger partial charge in [0.15, 0.2) is 5.96 Å². The van der Waals surface area contributed by atoms with E-state index < -0.39 is 0 Å². The summed E-state index contributed by atoms with van der Waals surface area (Å²) < 4.78 is 0. The predicted octanol–water partition coefficient (Wildman–Crippen LogP) is 2.15. The van der Waals surface area contributed by atoms with Gasteiger partial charge >= 0.3 is 0 Å². The quantitative estimate of drug-likeness (QED) is 0.646. The van der Waals surface area contributed by atoms with Crippen LogP contribution in [0.1, 0.15) is 24.6 Å². The molecule has 0 aliphatic carbocycles. The summed E-state index contributed by atoms with van der Waals surface area (Å²) in [4.78, 5) is 8.15. The highest BCUT2D eigenvalue weighted by Gasteiger charge is 2.15. The lowest BCUT2D eigenvalue weighted by atomic mass is 10.0. The molecule has 1 aromatic heterocycles. The maximum Gasteiger partial charge on any atom is 0.191 e. The van der Waals surface area contributed by atoms with E-state index in [2.05, 4.69) is 45.0 Å². The molecule has 4 nitrogen and oxygen atoms in total. The molecule has 0 aromatic carbocycles. The van der Waals surface area contributed by atoms with Crippen LogP contribution in [-0.2, 0) is 6.54 Å². The molecule has 1 aromatic rings. The number of guanidine groups is 1. The van der Waals surface area contributed by atoms with Crippen molar-refractivity contribution in [1.82, 2.24) is 15.5 Å². The van der Waals surface area contributed by atoms with E-state index in [9.17, 15) is 0 Å². The van der Waals surface area contributed by atoms with Crippen LogP contribution in [0.25, 0.3) is 0 Å². The van der Waals surface area contributed by atoms with Crippen LogP contribution < -0.4 is 10.6 Å². The zero-order chi connectivity index (χ0) is 14.2. The van der Waals surface area contributed by atoms with Crippen LogP contribution in [0.2, 0.25) is 0 Å². The molecular formula is C15H26N4S. The van der Waals surface area contributed by atoms with Crippen LogP contribution in [-0.4, -0.2) is 44.1 Å². The Balaban J connectivity index is 1.63. The van der Waals surface area contributed by atoms with Crippen molar-refractivity contribution in [3.63, 3.8) is 0 Å². The van der Waals surface area contributed by atoms with Crippen molar-refractivity contribution < 1.29 is 0 Å². The van der Waals surface area contributed by atoms with Crippen molar-refractivity contribution in [2.24, 2.45) is 10.9 Å². The van der Waals surface area contributed by atoms with Gasteiger partial charge in [0.25, 0.3) is 0 Å². The topological polar surface area (TPSA) is 39.7 Å². The van der Waals surface area contributed by atoms with Crippen molar-refractivity contribution in [1.29, 1.82) is 0 Å². The van der Waals surface area contributed by atoms with Gasteiger partial charge < -0.3 is 15.5 Å². The summed E-state index contributed by atoms with van der Waals surface area (Å²) in [6.07, 6.45) is 2.72. The van der Waals surface area contributed by atoms with E-state index in [0.29, 0.717) is 0 Å². The molecule has 0 radical (unpaired) electrons. The van der Waals surface area contributed by atoms with Gasteiger partial charge in [-0.1, -0.05) is 13.0 Å². The molecule has 0 bridgehead atoms. The summed E-state index contributed by atoms with van der Waals surface area (Å²) in [7, 11) is 1.83. The van der Waals surface area contributed by atoms with Gasteiger partial charge in [0.1, 0.15) is 0 Å². The number of rotatable bonds is 5. The van der Waals surface area contributed by atoms with E-state index in [0.717, 1.165) is 31.5 Å². The van der Waals surface area contributed by atoms with E-state index in [-0.39, 0.29) is 0 Å². The first-order chi connectivity index (χ1) is 9.78. The molecule has 2 heterocycles. The molecule has 1 aliphatic rings. The van der Waals surface area contributed by atoms with E-state index in [1.54, 1.807) is 11.3 Å². The van der Waals surface area contributed by atoms with E-state index >= 15 is 0 Å². The maximum absolute atomic E-state index is 4.27. The molecule has 20 heavy (non-hydrogen) atoms. The Bertz CT molecular complexity index is 402. The number of aliphatic imine (C=N–C) groups is 1. The van der Waals surface area contributed by atoms with Crippen LogP contribution in [0.5, 0.6) is 0 Å². The van der Waals surface area contributed by atoms with E-state index in [1.807, 2.05) is 7.05 Å². The number of likely N-dealkylation sites (tertiary alicyclic amines) is 1. The molecule has 1 aliphatic heterocycles. The fourth-order valence-electron chi connectivity index (χ4n) is 2.63. The highest BCUT2D eigenvalue weighted by molar-refractivity contribution is 7.09. The summed E-state index contributed by atoms with van der Waals surface area (Å²) in [5.74, 6) is 1.74. The Morgan fingerprint density at radius 2 is 2.40 bits per heavy atom. The van der Waals surface area contributed by atoms with Gasteiger partial charge in [0.05, 0.1) is 6.54 Å². The van der Waals surface area contributed by atoms with Crippen molar-refractivity contribution in [3.05, 3.63) is 22.4 Å². The second kappa shape index (κ2) is 8.27. The molecular weight excluding hydrogens is 268 g/mol. The van der Waals surface area contributed by atoms with E-state index in [4.69, 9.17) is 0 Å². The monoisotopic (exact) mass is 294 g/mol. The minimum absolute atomic E-state index is 0.845. The first-order valence-corrected chi connectivity index (χ1v) is 8.35. The van der Waals surface area contributed by atoms with Gasteiger partial charge in [-0.25, -0.2) is 0 Å². The molecule has 1 unspecified atom stereocenters. The predicted molar refractivity (Wildman–Crippen MR) is 87.4 cm³/mol. The number of hydrogen-bond acceptors (Lipinski definition) is 3. The van der Waals surface area contributed by atoms with Crippen LogP contribution in [0.4, 0.5) is 0 Å². The van der Waals surface area contributed by atoms with Crippen LogP contribution in [0.3, 0.4) is 0 Å². The van der Waals surface area contributed by atoms with Crippen molar-refractivity contribution in [3.8, 4) is 0 Å². The highest BCUT2D eigenvalue weighted by Crippen LogP contribution is 2.14. The zero-order valence-corrected chi connectivity index (χ0v) is 13.4. The normalized spacial score (nSPS) is 20.9. The lowest BCUT2D eigenvalue weighted by Crippen LogP contribution is -2.43. The Kier molecular flexibility index (Phi) is 6.33. The average Bonchev–Trinajstić information content (AvgIpc) is 2.96.